The minimum absolute atomic E-state index is 0.582. The van der Waals surface area contributed by atoms with Gasteiger partial charge in [-0.1, -0.05) is 12.8 Å². The molecule has 2 fully saturated rings. The second-order valence-electron chi connectivity index (χ2n) is 5.48. The highest BCUT2D eigenvalue weighted by Gasteiger charge is 2.35. The number of benzene rings is 1. The molecule has 3 nitrogen and oxygen atoms in total. The monoisotopic (exact) mass is 241 g/mol. The van der Waals surface area contributed by atoms with Gasteiger partial charge in [0.1, 0.15) is 6.07 Å². The molecule has 3 rings (SSSR count). The third-order valence-corrected chi connectivity index (χ3v) is 4.50. The van der Waals surface area contributed by atoms with E-state index in [2.05, 4.69) is 11.0 Å². The molecule has 0 amide bonds. The highest BCUT2D eigenvalue weighted by atomic mass is 15.2. The number of nitrogens with zero attached hydrogens (tertiary/aromatic N) is 2. The van der Waals surface area contributed by atoms with Crippen molar-refractivity contribution < 1.29 is 0 Å². The van der Waals surface area contributed by atoms with Crippen molar-refractivity contribution in [3.05, 3.63) is 23.8 Å². The van der Waals surface area contributed by atoms with Gasteiger partial charge < -0.3 is 10.6 Å². The van der Waals surface area contributed by atoms with E-state index in [-0.39, 0.29) is 0 Å². The van der Waals surface area contributed by atoms with Gasteiger partial charge >= 0.3 is 0 Å². The number of anilines is 2. The molecule has 0 bridgehead atoms. The maximum Gasteiger partial charge on any atom is 0.101 e. The smallest absolute Gasteiger partial charge is 0.101 e. The van der Waals surface area contributed by atoms with Crippen LogP contribution in [0.4, 0.5) is 11.4 Å². The van der Waals surface area contributed by atoms with E-state index in [1.807, 2.05) is 18.2 Å². The summed E-state index contributed by atoms with van der Waals surface area (Å²) in [5.41, 5.74) is 8.30. The summed E-state index contributed by atoms with van der Waals surface area (Å²) in [6, 6.07) is 8.69. The number of fused-ring (bicyclic) bond motifs is 1. The van der Waals surface area contributed by atoms with Crippen LogP contribution >= 0.6 is 0 Å². The molecule has 0 radical (unpaired) electrons. The van der Waals surface area contributed by atoms with Crippen LogP contribution < -0.4 is 10.6 Å². The first-order chi connectivity index (χ1) is 8.79. The summed E-state index contributed by atoms with van der Waals surface area (Å²) in [5.74, 6) is 0.871. The molecule has 1 aromatic carbocycles. The van der Waals surface area contributed by atoms with Gasteiger partial charge in [0.05, 0.1) is 11.3 Å². The van der Waals surface area contributed by atoms with E-state index in [0.29, 0.717) is 17.3 Å². The molecule has 3 heteroatoms. The highest BCUT2D eigenvalue weighted by molar-refractivity contribution is 5.64. The predicted molar refractivity (Wildman–Crippen MR) is 73.3 cm³/mol. The fourth-order valence-electron chi connectivity index (χ4n) is 3.56. The number of nitrogens with two attached hydrogens (primary N) is 1. The second kappa shape index (κ2) is 4.53. The van der Waals surface area contributed by atoms with Gasteiger partial charge in [0.2, 0.25) is 0 Å². The van der Waals surface area contributed by atoms with Crippen LogP contribution in [-0.4, -0.2) is 12.6 Å². The molecule has 1 aliphatic carbocycles. The molecular weight excluding hydrogens is 222 g/mol. The lowest BCUT2D eigenvalue weighted by Gasteiger charge is -2.33. The Labute approximate surface area is 108 Å². The molecular formula is C15H19N3. The number of hydrogen-bond donors (Lipinski definition) is 1. The van der Waals surface area contributed by atoms with Crippen LogP contribution in [0.2, 0.25) is 0 Å². The van der Waals surface area contributed by atoms with Crippen molar-refractivity contribution in [2.45, 2.75) is 38.1 Å². The molecule has 1 saturated carbocycles. The molecule has 1 heterocycles. The molecule has 94 valence electrons. The Hall–Kier alpha value is -1.69. The summed E-state index contributed by atoms with van der Waals surface area (Å²) in [7, 11) is 0. The quantitative estimate of drug-likeness (QED) is 0.769. The molecule has 1 aliphatic heterocycles. The average Bonchev–Trinajstić information content (AvgIpc) is 2.82. The van der Waals surface area contributed by atoms with Gasteiger partial charge in [-0.3, -0.25) is 0 Å². The fraction of sp³-hybridized carbons (Fsp3) is 0.533. The van der Waals surface area contributed by atoms with Crippen molar-refractivity contribution >= 4 is 11.4 Å². The summed E-state index contributed by atoms with van der Waals surface area (Å²) in [6.07, 6.45) is 6.75. The van der Waals surface area contributed by atoms with Gasteiger partial charge in [-0.2, -0.15) is 5.26 Å². The summed E-state index contributed by atoms with van der Waals surface area (Å²) in [6.45, 7) is 1.14. The summed E-state index contributed by atoms with van der Waals surface area (Å²) in [4.78, 5) is 2.50. The molecule has 18 heavy (non-hydrogen) atoms. The van der Waals surface area contributed by atoms with E-state index >= 15 is 0 Å². The topological polar surface area (TPSA) is 53.0 Å². The Morgan fingerprint density at radius 3 is 2.83 bits per heavy atom. The van der Waals surface area contributed by atoms with Crippen molar-refractivity contribution in [1.82, 2.24) is 0 Å². The van der Waals surface area contributed by atoms with E-state index in [1.165, 1.54) is 37.8 Å². The third-order valence-electron chi connectivity index (χ3n) is 4.50. The summed E-state index contributed by atoms with van der Waals surface area (Å²) >= 11 is 0. The Morgan fingerprint density at radius 1 is 1.22 bits per heavy atom. The van der Waals surface area contributed by atoms with Gasteiger partial charge in [0, 0.05) is 18.3 Å². The van der Waals surface area contributed by atoms with Gasteiger partial charge in [0.15, 0.2) is 0 Å². The molecule has 2 aliphatic rings. The zero-order valence-electron chi connectivity index (χ0n) is 10.6. The minimum Gasteiger partial charge on any atom is -0.398 e. The summed E-state index contributed by atoms with van der Waals surface area (Å²) < 4.78 is 0. The SMILES string of the molecule is N#Cc1ccc(N2CCC3CCCCC32)cc1N. The van der Waals surface area contributed by atoms with E-state index in [0.717, 1.165) is 12.5 Å². The van der Waals surface area contributed by atoms with Crippen LogP contribution in [0.25, 0.3) is 0 Å². The Kier molecular flexibility index (Phi) is 2.87. The lowest BCUT2D eigenvalue weighted by molar-refractivity contribution is 0.342. The van der Waals surface area contributed by atoms with Gasteiger partial charge in [-0.25, -0.2) is 0 Å². The maximum absolute atomic E-state index is 8.92. The van der Waals surface area contributed by atoms with Crippen molar-refractivity contribution in [2.75, 3.05) is 17.2 Å². The van der Waals surface area contributed by atoms with Crippen LogP contribution in [0.1, 0.15) is 37.7 Å². The number of rotatable bonds is 1. The molecule has 1 saturated heterocycles. The first-order valence-corrected chi connectivity index (χ1v) is 6.86. The maximum atomic E-state index is 8.92. The van der Waals surface area contributed by atoms with Crippen LogP contribution in [-0.2, 0) is 0 Å². The van der Waals surface area contributed by atoms with E-state index in [9.17, 15) is 0 Å². The van der Waals surface area contributed by atoms with Crippen molar-refractivity contribution in [2.24, 2.45) is 5.92 Å². The van der Waals surface area contributed by atoms with Gasteiger partial charge in [-0.05, 0) is 43.4 Å². The number of nitrogen functional groups attached to an aromatic ring is 1. The van der Waals surface area contributed by atoms with E-state index in [4.69, 9.17) is 11.0 Å². The summed E-state index contributed by atoms with van der Waals surface area (Å²) in [5, 5.41) is 8.92. The van der Waals surface area contributed by atoms with E-state index < -0.39 is 0 Å². The first-order valence-electron chi connectivity index (χ1n) is 6.86. The highest BCUT2D eigenvalue weighted by Crippen LogP contribution is 2.39. The number of nitriles is 1. The Morgan fingerprint density at radius 2 is 2.06 bits per heavy atom. The molecule has 1 aromatic rings. The molecule has 2 atom stereocenters. The second-order valence-corrected chi connectivity index (χ2v) is 5.48. The minimum atomic E-state index is 0.582. The van der Waals surface area contributed by atoms with Crippen LogP contribution in [0, 0.1) is 17.2 Å². The predicted octanol–water partition coefficient (Wildman–Crippen LogP) is 2.91. The van der Waals surface area contributed by atoms with Crippen LogP contribution in [0.5, 0.6) is 0 Å². The van der Waals surface area contributed by atoms with E-state index in [1.54, 1.807) is 0 Å². The zero-order chi connectivity index (χ0) is 12.5. The third kappa shape index (κ3) is 1.82. The lowest BCUT2D eigenvalue weighted by Crippen LogP contribution is -2.34. The zero-order valence-corrected chi connectivity index (χ0v) is 10.6. The molecule has 2 N–H and O–H groups in total. The van der Waals surface area contributed by atoms with Gasteiger partial charge in [0.25, 0.3) is 0 Å². The normalized spacial score (nSPS) is 26.7. The average molecular weight is 241 g/mol. The first kappa shape index (κ1) is 11.4. The van der Waals surface area contributed by atoms with Crippen molar-refractivity contribution in [1.29, 1.82) is 5.26 Å². The molecule has 0 spiro atoms. The Balaban J connectivity index is 1.87. The standard InChI is InChI=1S/C15H19N3/c16-10-12-5-6-13(9-14(12)17)18-8-7-11-3-1-2-4-15(11)18/h5-6,9,11,15H,1-4,7-8,17H2. The van der Waals surface area contributed by atoms with Gasteiger partial charge in [-0.15, -0.1) is 0 Å². The van der Waals surface area contributed by atoms with Crippen LogP contribution in [0.3, 0.4) is 0 Å². The Bertz CT molecular complexity index is 489. The van der Waals surface area contributed by atoms with Crippen LogP contribution in [0.15, 0.2) is 18.2 Å². The van der Waals surface area contributed by atoms with Crippen molar-refractivity contribution in [3.63, 3.8) is 0 Å². The lowest BCUT2D eigenvalue weighted by atomic mass is 9.85. The molecule has 0 aromatic heterocycles. The van der Waals surface area contributed by atoms with Crippen molar-refractivity contribution in [3.8, 4) is 6.07 Å². The largest absolute Gasteiger partial charge is 0.398 e. The fourth-order valence-corrected chi connectivity index (χ4v) is 3.56. The number of hydrogen-bond acceptors (Lipinski definition) is 3. The molecule has 2 unspecified atom stereocenters.